The molecule has 152 valence electrons. The molecule has 0 spiro atoms. The molecule has 27 heavy (non-hydrogen) atoms. The molecule has 1 aromatic rings. The smallest absolute Gasteiger partial charge is 0.164 e. The van der Waals surface area contributed by atoms with E-state index in [1.165, 1.54) is 13.8 Å². The maximum absolute atomic E-state index is 12.9. The van der Waals surface area contributed by atoms with E-state index in [-0.39, 0.29) is 23.8 Å². The minimum absolute atomic E-state index is 0.0317. The van der Waals surface area contributed by atoms with E-state index in [1.807, 2.05) is 51.9 Å². The van der Waals surface area contributed by atoms with Crippen molar-refractivity contribution in [2.24, 2.45) is 5.92 Å². The van der Waals surface area contributed by atoms with Crippen LogP contribution < -0.4 is 9.64 Å². The van der Waals surface area contributed by atoms with E-state index in [0.717, 1.165) is 11.3 Å². The highest BCUT2D eigenvalue weighted by atomic mass is 16.5. The predicted molar refractivity (Wildman–Crippen MR) is 111 cm³/mol. The number of hydrogen-bond donors (Lipinski definition) is 0. The van der Waals surface area contributed by atoms with Gasteiger partial charge in [-0.25, -0.2) is 0 Å². The lowest BCUT2D eigenvalue weighted by atomic mass is 9.88. The number of anilines is 1. The molecule has 0 amide bonds. The first-order chi connectivity index (χ1) is 12.7. The van der Waals surface area contributed by atoms with Crippen LogP contribution in [0.4, 0.5) is 5.69 Å². The molecule has 0 heterocycles. The number of carbonyl (C=O) groups excluding carboxylic acids is 3. The largest absolute Gasteiger partial charge is 0.496 e. The molecule has 1 unspecified atom stereocenters. The molecule has 5 nitrogen and oxygen atoms in total. The first-order valence-corrected chi connectivity index (χ1v) is 9.62. The van der Waals surface area contributed by atoms with Gasteiger partial charge in [0.15, 0.2) is 5.78 Å². The summed E-state index contributed by atoms with van der Waals surface area (Å²) in [7, 11) is 5.40. The van der Waals surface area contributed by atoms with Crippen LogP contribution in [0.2, 0.25) is 0 Å². The Hall–Kier alpha value is -2.17. The van der Waals surface area contributed by atoms with Crippen molar-refractivity contribution in [3.05, 3.63) is 23.3 Å². The highest BCUT2D eigenvalue weighted by Crippen LogP contribution is 2.31. The molecule has 1 atom stereocenters. The highest BCUT2D eigenvalue weighted by Gasteiger charge is 2.23. The van der Waals surface area contributed by atoms with Gasteiger partial charge in [0, 0.05) is 55.7 Å². The molecule has 0 radical (unpaired) electrons. The van der Waals surface area contributed by atoms with Gasteiger partial charge in [0.25, 0.3) is 0 Å². The Morgan fingerprint density at radius 3 is 2.11 bits per heavy atom. The van der Waals surface area contributed by atoms with E-state index < -0.39 is 5.92 Å². The Morgan fingerprint density at radius 1 is 1.11 bits per heavy atom. The van der Waals surface area contributed by atoms with Gasteiger partial charge in [-0.05, 0) is 32.8 Å². The Labute approximate surface area is 164 Å². The number of carbonyl (C=O) groups is 3. The molecule has 1 aromatic carbocycles. The molecule has 0 aliphatic heterocycles. The Kier molecular flexibility index (Phi) is 11.3. The van der Waals surface area contributed by atoms with Crippen LogP contribution in [0.3, 0.4) is 0 Å². The molecule has 0 saturated heterocycles. The van der Waals surface area contributed by atoms with Gasteiger partial charge in [0.05, 0.1) is 7.11 Å². The normalized spacial score (nSPS) is 11.1. The molecule has 5 heteroatoms. The summed E-state index contributed by atoms with van der Waals surface area (Å²) < 4.78 is 5.46. The first kappa shape index (κ1) is 24.8. The fourth-order valence-electron chi connectivity index (χ4n) is 2.84. The maximum atomic E-state index is 12.9. The van der Waals surface area contributed by atoms with Crippen molar-refractivity contribution < 1.29 is 19.1 Å². The van der Waals surface area contributed by atoms with E-state index in [0.29, 0.717) is 30.6 Å². The number of methoxy groups -OCH3 is 1. The van der Waals surface area contributed by atoms with E-state index in [2.05, 4.69) is 0 Å². The zero-order valence-electron chi connectivity index (χ0n) is 18.1. The summed E-state index contributed by atoms with van der Waals surface area (Å²) in [5, 5.41) is 0. The fraction of sp³-hybridized carbons (Fsp3) is 0.591. The van der Waals surface area contributed by atoms with Crippen molar-refractivity contribution in [2.75, 3.05) is 26.1 Å². The van der Waals surface area contributed by atoms with Gasteiger partial charge in [-0.3, -0.25) is 9.59 Å². The van der Waals surface area contributed by atoms with E-state index in [9.17, 15) is 14.4 Å². The van der Waals surface area contributed by atoms with Crippen molar-refractivity contribution in [3.63, 3.8) is 0 Å². The zero-order valence-corrected chi connectivity index (χ0v) is 18.1. The maximum Gasteiger partial charge on any atom is 0.164 e. The van der Waals surface area contributed by atoms with Gasteiger partial charge >= 0.3 is 0 Å². The number of benzene rings is 1. The molecule has 0 fully saturated rings. The lowest BCUT2D eigenvalue weighted by Gasteiger charge is -2.20. The molecular formula is C22H35NO4. The first-order valence-electron chi connectivity index (χ1n) is 9.62. The van der Waals surface area contributed by atoms with E-state index in [1.54, 1.807) is 7.11 Å². The Morgan fingerprint density at radius 2 is 1.70 bits per heavy atom. The molecule has 0 N–H and O–H groups in total. The molecule has 0 aromatic heterocycles. The number of rotatable bonds is 10. The summed E-state index contributed by atoms with van der Waals surface area (Å²) in [5.41, 5.74) is 2.33. The molecule has 0 aliphatic carbocycles. The molecule has 0 aliphatic rings. The van der Waals surface area contributed by atoms with E-state index in [4.69, 9.17) is 4.74 Å². The Bertz CT molecular complexity index is 650. The Balaban J connectivity index is 0.00000326. The third-order valence-electron chi connectivity index (χ3n) is 4.44. The van der Waals surface area contributed by atoms with Crippen LogP contribution in [-0.2, 0) is 16.0 Å². The van der Waals surface area contributed by atoms with Crippen molar-refractivity contribution in [3.8, 4) is 5.75 Å². The zero-order chi connectivity index (χ0) is 21.1. The van der Waals surface area contributed by atoms with Gasteiger partial charge in [0.1, 0.15) is 17.3 Å². The van der Waals surface area contributed by atoms with Gasteiger partial charge in [-0.1, -0.05) is 20.8 Å². The second kappa shape index (κ2) is 12.3. The van der Waals surface area contributed by atoms with Crippen LogP contribution in [0, 0.1) is 5.92 Å². The number of ether oxygens (including phenoxy) is 1. The average Bonchev–Trinajstić information content (AvgIpc) is 2.64. The minimum atomic E-state index is -0.421. The van der Waals surface area contributed by atoms with Crippen LogP contribution in [0.1, 0.15) is 69.8 Å². The summed E-state index contributed by atoms with van der Waals surface area (Å²) in [6, 6.07) is 3.76. The minimum Gasteiger partial charge on any atom is -0.496 e. The molecule has 0 bridgehead atoms. The highest BCUT2D eigenvalue weighted by molar-refractivity contribution is 6.01. The fourth-order valence-corrected chi connectivity index (χ4v) is 2.84. The van der Waals surface area contributed by atoms with Crippen molar-refractivity contribution in [1.29, 1.82) is 0 Å². The second-order valence-corrected chi connectivity index (χ2v) is 6.60. The molecule has 1 rings (SSSR count). The number of ketones is 3. The summed E-state index contributed by atoms with van der Waals surface area (Å²) in [6.07, 6.45) is 1.52. The second-order valence-electron chi connectivity index (χ2n) is 6.60. The number of hydrogen-bond acceptors (Lipinski definition) is 5. The monoisotopic (exact) mass is 377 g/mol. The SMILES string of the molecule is CC.CCc1c(OC)cc(N(C)C)cc1C(=O)CC(CCC(C)=O)C(C)=O. The topological polar surface area (TPSA) is 63.7 Å². The third kappa shape index (κ3) is 7.53. The van der Waals surface area contributed by atoms with Crippen molar-refractivity contribution in [1.82, 2.24) is 0 Å². The quantitative estimate of drug-likeness (QED) is 0.562. The summed E-state index contributed by atoms with van der Waals surface area (Å²) in [4.78, 5) is 37.9. The molecule has 0 saturated carbocycles. The van der Waals surface area contributed by atoms with Crippen LogP contribution >= 0.6 is 0 Å². The molecular weight excluding hydrogens is 342 g/mol. The van der Waals surface area contributed by atoms with Gasteiger partial charge in [-0.15, -0.1) is 0 Å². The van der Waals surface area contributed by atoms with E-state index >= 15 is 0 Å². The number of nitrogens with zero attached hydrogens (tertiary/aromatic N) is 1. The van der Waals surface area contributed by atoms with Gasteiger partial charge in [-0.2, -0.15) is 0 Å². The van der Waals surface area contributed by atoms with Gasteiger partial charge in [0.2, 0.25) is 0 Å². The van der Waals surface area contributed by atoms with Crippen LogP contribution in [0.15, 0.2) is 12.1 Å². The van der Waals surface area contributed by atoms with Crippen LogP contribution in [0.25, 0.3) is 0 Å². The summed E-state index contributed by atoms with van der Waals surface area (Å²) in [5.74, 6) is 0.158. The lowest BCUT2D eigenvalue weighted by Crippen LogP contribution is -2.19. The van der Waals surface area contributed by atoms with Crippen LogP contribution in [0.5, 0.6) is 5.75 Å². The lowest BCUT2D eigenvalue weighted by molar-refractivity contribution is -0.121. The average molecular weight is 378 g/mol. The summed E-state index contributed by atoms with van der Waals surface area (Å²) in [6.45, 7) is 8.96. The van der Waals surface area contributed by atoms with Crippen molar-refractivity contribution >= 4 is 23.0 Å². The third-order valence-corrected chi connectivity index (χ3v) is 4.44. The van der Waals surface area contributed by atoms with Crippen molar-refractivity contribution in [2.45, 2.75) is 60.3 Å². The van der Waals surface area contributed by atoms with Gasteiger partial charge < -0.3 is 14.4 Å². The van der Waals surface area contributed by atoms with Crippen LogP contribution in [-0.4, -0.2) is 38.6 Å². The standard InChI is InChI=1S/C20H29NO4.C2H6/c1-7-17-18(11-16(21(4)5)12-20(17)25-6)19(24)10-15(14(3)23)9-8-13(2)22;1-2/h11-12,15H,7-10H2,1-6H3;1-2H3. The number of Topliss-reactive ketones (excluding diaryl/α,β-unsaturated/α-hetero) is 3. The summed E-state index contributed by atoms with van der Waals surface area (Å²) >= 11 is 0. The predicted octanol–water partition coefficient (Wildman–Crippen LogP) is 4.50.